The van der Waals surface area contributed by atoms with Gasteiger partial charge in [-0.2, -0.15) is 23.5 Å². The molecule has 16 nitrogen and oxygen atoms in total. The van der Waals surface area contributed by atoms with Crippen molar-refractivity contribution >= 4 is 46.4 Å². The van der Waals surface area contributed by atoms with Crippen molar-refractivity contribution in [3.05, 3.63) is 114 Å². The highest BCUT2D eigenvalue weighted by Gasteiger charge is 2.51. The predicted octanol–water partition coefficient (Wildman–Crippen LogP) is 8.26. The second kappa shape index (κ2) is 22.7. The highest BCUT2D eigenvalue weighted by Crippen LogP contribution is 2.40. The first-order valence-electron chi connectivity index (χ1n) is 24.0. The Morgan fingerprint density at radius 1 is 0.931 bits per heavy atom. The van der Waals surface area contributed by atoms with Crippen LogP contribution in [0.4, 0.5) is 24.5 Å². The topological polar surface area (TPSA) is 180 Å². The summed E-state index contributed by atoms with van der Waals surface area (Å²) in [6.45, 7) is 12.8. The van der Waals surface area contributed by atoms with E-state index in [4.69, 9.17) is 26.4 Å². The number of carbonyl (C=O) groups is 3. The minimum atomic E-state index is -4.79. The molecular formula is C52H60F3N9O7S. The van der Waals surface area contributed by atoms with E-state index >= 15 is 0 Å². The minimum absolute atomic E-state index is 0.00930. The molecular weight excluding hydrogens is 952 g/mol. The van der Waals surface area contributed by atoms with E-state index in [-0.39, 0.29) is 47.5 Å². The third-order valence-electron chi connectivity index (χ3n) is 12.8. The molecule has 0 unspecified atom stereocenters. The molecule has 0 spiro atoms. The summed E-state index contributed by atoms with van der Waals surface area (Å²) in [5, 5.41) is 27.4. The monoisotopic (exact) mass is 1010 g/mol. The van der Waals surface area contributed by atoms with Crippen molar-refractivity contribution in [3.63, 3.8) is 0 Å². The van der Waals surface area contributed by atoms with Gasteiger partial charge >= 0.3 is 6.18 Å². The fourth-order valence-electron chi connectivity index (χ4n) is 8.97. The van der Waals surface area contributed by atoms with Crippen LogP contribution < -0.4 is 24.6 Å². The van der Waals surface area contributed by atoms with E-state index in [1.807, 2.05) is 62.7 Å². The second-order valence-corrected chi connectivity index (χ2v) is 19.1. The van der Waals surface area contributed by atoms with Crippen molar-refractivity contribution in [1.29, 1.82) is 5.26 Å². The molecule has 2 aliphatic rings. The molecule has 0 aliphatic carbocycles. The van der Waals surface area contributed by atoms with Crippen LogP contribution in [0.5, 0.6) is 11.5 Å². The van der Waals surface area contributed by atoms with Crippen molar-refractivity contribution in [2.24, 2.45) is 5.92 Å². The third kappa shape index (κ3) is 11.9. The van der Waals surface area contributed by atoms with E-state index in [2.05, 4.69) is 15.4 Å². The molecule has 5 aromatic rings. The number of hydrogen-bond donors (Lipinski definition) is 2. The Morgan fingerprint density at radius 3 is 2.25 bits per heavy atom. The highest BCUT2D eigenvalue weighted by atomic mass is 32.1. The number of unbranched alkanes of at least 4 members (excludes halogenated alkanes) is 2. The zero-order valence-electron chi connectivity index (χ0n) is 41.1. The molecule has 20 heteroatoms. The number of amides is 3. The number of carbonyl (C=O) groups excluding carboxylic acids is 3. The maximum Gasteiger partial charge on any atom is 0.417 e. The number of aliphatic hydroxyl groups is 1. The molecule has 0 bridgehead atoms. The van der Waals surface area contributed by atoms with Gasteiger partial charge in [-0.1, -0.05) is 26.0 Å². The number of ether oxygens (including phenoxy) is 3. The molecule has 0 radical (unpaired) electrons. The molecule has 0 saturated carbocycles. The first kappa shape index (κ1) is 53.0. The van der Waals surface area contributed by atoms with Crippen molar-refractivity contribution < 1.29 is 46.9 Å². The Morgan fingerprint density at radius 2 is 1.58 bits per heavy atom. The van der Waals surface area contributed by atoms with Gasteiger partial charge in [-0.25, -0.2) is 4.98 Å². The van der Waals surface area contributed by atoms with Crippen LogP contribution in [-0.4, -0.2) is 103 Å². The molecule has 2 saturated heterocycles. The van der Waals surface area contributed by atoms with Crippen LogP contribution >= 0.6 is 12.2 Å². The Hall–Kier alpha value is -6.82. The van der Waals surface area contributed by atoms with Gasteiger partial charge in [0.1, 0.15) is 29.2 Å². The van der Waals surface area contributed by atoms with E-state index < -0.39 is 46.9 Å². The van der Waals surface area contributed by atoms with Crippen LogP contribution in [0.25, 0.3) is 5.69 Å². The Balaban J connectivity index is 0.796. The number of thiocarbonyl (C=S) groups is 1. The van der Waals surface area contributed by atoms with Crippen molar-refractivity contribution in [2.75, 3.05) is 42.8 Å². The van der Waals surface area contributed by atoms with E-state index in [0.29, 0.717) is 50.0 Å². The van der Waals surface area contributed by atoms with E-state index in [0.717, 1.165) is 53.4 Å². The number of β-amino-alcohol motifs (C(OH)–C–C–N with tert-alkyl or cyclic N) is 1. The average molecular weight is 1010 g/mol. The largest absolute Gasteiger partial charge is 0.494 e. The number of halogens is 3. The second-order valence-electron chi connectivity index (χ2n) is 18.8. The number of hydrogen-bond acceptors (Lipinski definition) is 11. The lowest BCUT2D eigenvalue weighted by Crippen LogP contribution is -2.49. The number of aromatic nitrogens is 4. The number of nitriles is 1. The van der Waals surface area contributed by atoms with Gasteiger partial charge in [-0.05, 0) is 125 Å². The Kier molecular flexibility index (Phi) is 16.7. The molecule has 3 aromatic carbocycles. The Labute approximate surface area is 422 Å². The summed E-state index contributed by atoms with van der Waals surface area (Å²) in [7, 11) is 0. The summed E-state index contributed by atoms with van der Waals surface area (Å²) in [5.41, 5.74) is -0.569. The average Bonchev–Trinajstić information content (AvgIpc) is 4.13. The normalized spacial score (nSPS) is 17.6. The minimum Gasteiger partial charge on any atom is -0.494 e. The standard InChI is InChI=1S/C52H60F3N9O7S/c1-33(2)46(48(67)61-31-41(65)28-45(61)47(66)59-34(3)36-11-14-38(15-12-36)60-22-21-57-35(60)4)62-32-43(30-58-62)71-26-10-24-69-23-8-7-9-25-70-42-19-17-39(18-20-42)64-50(72)63(49(68)51(64,5)6)40-16-13-37(29-56)44(27-40)52(53,54)55/h11-22,27,30,32-34,41,45-46,65H,7-10,23-26,28,31H2,1-6H3,(H,59,66)/t34-,41+,45-,46+/m0/s1. The number of benzene rings is 3. The number of likely N-dealkylation sites (tertiary alicyclic amines) is 1. The number of alkyl halides is 3. The van der Waals surface area contributed by atoms with E-state index in [9.17, 15) is 37.9 Å². The lowest BCUT2D eigenvalue weighted by molar-refractivity contribution is -0.142. The molecule has 2 aromatic heterocycles. The van der Waals surface area contributed by atoms with Crippen molar-refractivity contribution in [2.45, 2.75) is 110 Å². The summed E-state index contributed by atoms with van der Waals surface area (Å²) >= 11 is 5.64. The van der Waals surface area contributed by atoms with Crippen LogP contribution in [-0.2, 0) is 25.3 Å². The molecule has 4 atom stereocenters. The van der Waals surface area contributed by atoms with Gasteiger partial charge in [0.05, 0.1) is 60.6 Å². The van der Waals surface area contributed by atoms with Gasteiger partial charge < -0.3 is 39.0 Å². The molecule has 4 heterocycles. The first-order chi connectivity index (χ1) is 34.3. The molecule has 72 heavy (non-hydrogen) atoms. The van der Waals surface area contributed by atoms with Gasteiger partial charge in [-0.15, -0.1) is 0 Å². The van der Waals surface area contributed by atoms with Crippen molar-refractivity contribution in [1.82, 2.24) is 29.5 Å². The van der Waals surface area contributed by atoms with Gasteiger partial charge in [0.25, 0.3) is 5.91 Å². The van der Waals surface area contributed by atoms with Gasteiger partial charge in [-0.3, -0.25) is 24.0 Å². The number of imidazole rings is 1. The number of anilines is 2. The fraction of sp³-hybridized carbons (Fsp3) is 0.442. The maximum absolute atomic E-state index is 14.1. The van der Waals surface area contributed by atoms with Gasteiger partial charge in [0.15, 0.2) is 10.9 Å². The first-order valence-corrected chi connectivity index (χ1v) is 24.4. The van der Waals surface area contributed by atoms with E-state index in [1.165, 1.54) is 11.0 Å². The summed E-state index contributed by atoms with van der Waals surface area (Å²) in [6, 6.07) is 17.5. The lowest BCUT2D eigenvalue weighted by atomic mass is 10.0. The number of nitrogens with one attached hydrogen (secondary N) is 1. The quantitative estimate of drug-likeness (QED) is 0.0532. The number of rotatable bonds is 21. The number of nitrogens with zero attached hydrogens (tertiary/aromatic N) is 8. The SMILES string of the molecule is Cc1nccn1-c1ccc([C@H](C)NC(=O)[C@@H]2C[C@@H](O)CN2C(=O)[C@@H](C(C)C)n2cc(OCCCOCCCCCOc3ccc(N4C(=S)N(c5ccc(C#N)c(C(F)(F)F)c5)C(=O)C4(C)C)cc3)cn2)cc1. The third-order valence-corrected chi connectivity index (χ3v) is 13.2. The predicted molar refractivity (Wildman–Crippen MR) is 267 cm³/mol. The van der Waals surface area contributed by atoms with Gasteiger partial charge in [0.2, 0.25) is 11.8 Å². The lowest BCUT2D eigenvalue weighted by Gasteiger charge is -2.30. The molecule has 2 fully saturated rings. The molecule has 2 aliphatic heterocycles. The summed E-state index contributed by atoms with van der Waals surface area (Å²) in [5.74, 6) is 0.634. The molecule has 7 rings (SSSR count). The van der Waals surface area contributed by atoms with Crippen LogP contribution in [0.15, 0.2) is 91.5 Å². The molecule has 3 amide bonds. The van der Waals surface area contributed by atoms with Crippen LogP contribution in [0.1, 0.15) is 101 Å². The maximum atomic E-state index is 14.1. The molecule has 2 N–H and O–H groups in total. The zero-order chi connectivity index (χ0) is 51.9. The summed E-state index contributed by atoms with van der Waals surface area (Å²) in [6.07, 6.45) is 4.47. The van der Waals surface area contributed by atoms with Gasteiger partial charge in [0, 0.05) is 56.4 Å². The fourth-order valence-corrected chi connectivity index (χ4v) is 9.49. The number of aryl methyl sites for hydroxylation is 1. The zero-order valence-corrected chi connectivity index (χ0v) is 42.0. The summed E-state index contributed by atoms with van der Waals surface area (Å²) < 4.78 is 62.4. The molecule has 382 valence electrons. The highest BCUT2D eigenvalue weighted by molar-refractivity contribution is 7.81. The van der Waals surface area contributed by atoms with Crippen molar-refractivity contribution in [3.8, 4) is 23.3 Å². The van der Waals surface area contributed by atoms with E-state index in [1.54, 1.807) is 72.4 Å². The number of aliphatic hydroxyl groups excluding tert-OH is 1. The van der Waals surface area contributed by atoms with Crippen LogP contribution in [0.3, 0.4) is 0 Å². The van der Waals surface area contributed by atoms with Crippen LogP contribution in [0, 0.1) is 24.2 Å². The summed E-state index contributed by atoms with van der Waals surface area (Å²) in [4.78, 5) is 49.7. The smallest absolute Gasteiger partial charge is 0.417 e. The van der Waals surface area contributed by atoms with Crippen LogP contribution in [0.2, 0.25) is 0 Å². The Bertz CT molecular complexity index is 2750.